The van der Waals surface area contributed by atoms with Crippen molar-refractivity contribution in [3.05, 3.63) is 29.3 Å². The number of imide groups is 1. The Bertz CT molecular complexity index is 1020. The molecule has 0 saturated carbocycles. The molecule has 0 radical (unpaired) electrons. The molecule has 37 heavy (non-hydrogen) atoms. The molecule has 1 unspecified atom stereocenters. The van der Waals surface area contributed by atoms with E-state index in [0.717, 1.165) is 17.3 Å². The molecule has 3 amide bonds. The van der Waals surface area contributed by atoms with Crippen molar-refractivity contribution in [3.63, 3.8) is 0 Å². The Morgan fingerprint density at radius 3 is 2.41 bits per heavy atom. The first-order valence-electron chi connectivity index (χ1n) is 13.3. The first-order chi connectivity index (χ1) is 17.1. The number of fused-ring (bicyclic) bond motifs is 1. The molecule has 1 fully saturated rings. The van der Waals surface area contributed by atoms with Gasteiger partial charge in [-0.1, -0.05) is 40.4 Å². The highest BCUT2D eigenvalue weighted by Crippen LogP contribution is 2.36. The van der Waals surface area contributed by atoms with Crippen molar-refractivity contribution < 1.29 is 23.5 Å². The average Bonchev–Trinajstić information content (AvgIpc) is 3.10. The maximum atomic E-state index is 13.2. The summed E-state index contributed by atoms with van der Waals surface area (Å²) in [4.78, 5) is 41.7. The van der Waals surface area contributed by atoms with Gasteiger partial charge in [0.25, 0.3) is 11.8 Å². The van der Waals surface area contributed by atoms with Crippen molar-refractivity contribution in [2.75, 3.05) is 31.8 Å². The first-order valence-corrected chi connectivity index (χ1v) is 20.0. The number of carbonyl (C=O) groups excluding carboxylic acids is 3. The van der Waals surface area contributed by atoms with E-state index in [1.54, 1.807) is 4.90 Å². The number of rotatable bonds is 11. The maximum absolute atomic E-state index is 13.2. The van der Waals surface area contributed by atoms with Crippen LogP contribution in [0.15, 0.2) is 18.2 Å². The Kier molecular flexibility index (Phi) is 9.09. The molecule has 10 heteroatoms. The highest BCUT2D eigenvalue weighted by Gasteiger charge is 2.43. The van der Waals surface area contributed by atoms with Crippen molar-refractivity contribution in [2.45, 2.75) is 90.0 Å². The van der Waals surface area contributed by atoms with Crippen LogP contribution in [0.1, 0.15) is 49.5 Å². The minimum absolute atomic E-state index is 0.0430. The molecular formula is C27H45N3O5Si2. The number of nitrogens with one attached hydrogen (secondary N) is 1. The number of hydrogen-bond donors (Lipinski definition) is 1. The highest BCUT2D eigenvalue weighted by molar-refractivity contribution is 6.76. The summed E-state index contributed by atoms with van der Waals surface area (Å²) in [5.41, 5.74) is 2.43. The summed E-state index contributed by atoms with van der Waals surface area (Å²) in [5.74, 6) is -0.730. The fourth-order valence-electron chi connectivity index (χ4n) is 4.20. The number of anilines is 1. The zero-order valence-corrected chi connectivity index (χ0v) is 25.9. The zero-order valence-electron chi connectivity index (χ0n) is 23.9. The van der Waals surface area contributed by atoms with E-state index < -0.39 is 22.4 Å². The lowest BCUT2D eigenvalue weighted by molar-refractivity contribution is -0.158. The number of amides is 3. The molecule has 8 nitrogen and oxygen atoms in total. The lowest BCUT2D eigenvalue weighted by Gasteiger charge is -2.36. The lowest BCUT2D eigenvalue weighted by atomic mass is 10.0. The van der Waals surface area contributed by atoms with Crippen LogP contribution in [-0.2, 0) is 25.3 Å². The molecule has 1 aromatic rings. The number of piperidine rings is 1. The van der Waals surface area contributed by atoms with Gasteiger partial charge in [0, 0.05) is 45.4 Å². The molecule has 3 rings (SSSR count). The minimum Gasteiger partial charge on any atom is -0.415 e. The van der Waals surface area contributed by atoms with Gasteiger partial charge in [0.15, 0.2) is 8.32 Å². The van der Waals surface area contributed by atoms with E-state index in [1.807, 2.05) is 18.2 Å². The monoisotopic (exact) mass is 547 g/mol. The van der Waals surface area contributed by atoms with Crippen LogP contribution in [0.4, 0.5) is 5.69 Å². The summed E-state index contributed by atoms with van der Waals surface area (Å²) in [7, 11) is -3.06. The quantitative estimate of drug-likeness (QED) is 0.241. The Balaban J connectivity index is 1.58. The van der Waals surface area contributed by atoms with Gasteiger partial charge in [0.2, 0.25) is 5.91 Å². The molecule has 206 valence electrons. The van der Waals surface area contributed by atoms with Crippen LogP contribution in [0, 0.1) is 0 Å². The second kappa shape index (κ2) is 11.4. The molecule has 2 aliphatic rings. The van der Waals surface area contributed by atoms with E-state index in [2.05, 4.69) is 58.8 Å². The molecule has 0 spiro atoms. The van der Waals surface area contributed by atoms with E-state index >= 15 is 0 Å². The topological polar surface area (TPSA) is 88.2 Å². The molecule has 0 aliphatic carbocycles. The normalized spacial score (nSPS) is 19.0. The first kappa shape index (κ1) is 29.5. The minimum atomic E-state index is -1.79. The van der Waals surface area contributed by atoms with E-state index in [1.165, 1.54) is 4.90 Å². The van der Waals surface area contributed by atoms with Gasteiger partial charge in [-0.15, -0.1) is 0 Å². The summed E-state index contributed by atoms with van der Waals surface area (Å²) in [5, 5.41) is 3.57. The number of benzene rings is 1. The van der Waals surface area contributed by atoms with Crippen molar-refractivity contribution >= 4 is 39.8 Å². The van der Waals surface area contributed by atoms with E-state index in [-0.39, 0.29) is 35.9 Å². The predicted molar refractivity (Wildman–Crippen MR) is 152 cm³/mol. The van der Waals surface area contributed by atoms with Gasteiger partial charge in [-0.05, 0) is 54.4 Å². The fraction of sp³-hybridized carbons (Fsp3) is 0.667. The number of hydrogen-bond acceptors (Lipinski definition) is 6. The summed E-state index contributed by atoms with van der Waals surface area (Å²) >= 11 is 0. The van der Waals surface area contributed by atoms with Gasteiger partial charge >= 0.3 is 0 Å². The van der Waals surface area contributed by atoms with Gasteiger partial charge in [-0.2, -0.15) is 0 Å². The van der Waals surface area contributed by atoms with E-state index in [9.17, 15) is 14.4 Å². The van der Waals surface area contributed by atoms with Crippen LogP contribution in [0.25, 0.3) is 0 Å². The van der Waals surface area contributed by atoms with Crippen LogP contribution >= 0.6 is 0 Å². The van der Waals surface area contributed by atoms with Gasteiger partial charge in [0.05, 0.1) is 6.61 Å². The third-order valence-electron chi connectivity index (χ3n) is 7.71. The van der Waals surface area contributed by atoms with Crippen LogP contribution in [-0.4, -0.2) is 76.4 Å². The third-order valence-corrected chi connectivity index (χ3v) is 14.0. The third kappa shape index (κ3) is 7.31. The predicted octanol–water partition coefficient (Wildman–Crippen LogP) is 4.91. The lowest BCUT2D eigenvalue weighted by Crippen LogP contribution is -2.55. The molecular weight excluding hydrogens is 502 g/mol. The standard InChI is InChI=1S/C27H45N3O5Si2/c1-27(2,3)37(7,8)35-14-13-28-21-9-10-22-20(17-21)18-29(25(22)32)23-11-12-24(31)30(26(23)33)19-34-15-16-36(4,5)6/h9-10,17,23,28H,11-16,18-19H2,1-8H3. The molecule has 1 N–H and O–H groups in total. The van der Waals surface area contributed by atoms with Crippen molar-refractivity contribution in [2.24, 2.45) is 0 Å². The van der Waals surface area contributed by atoms with Crippen molar-refractivity contribution in [3.8, 4) is 0 Å². The molecule has 1 atom stereocenters. The van der Waals surface area contributed by atoms with Crippen LogP contribution in [0.3, 0.4) is 0 Å². The molecule has 1 saturated heterocycles. The summed E-state index contributed by atoms with van der Waals surface area (Å²) in [6.45, 7) is 20.1. The zero-order chi connectivity index (χ0) is 27.6. The molecule has 0 bridgehead atoms. The van der Waals surface area contributed by atoms with Crippen molar-refractivity contribution in [1.29, 1.82) is 0 Å². The largest absolute Gasteiger partial charge is 0.415 e. The van der Waals surface area contributed by atoms with Gasteiger partial charge in [0.1, 0.15) is 12.8 Å². The van der Waals surface area contributed by atoms with E-state index in [0.29, 0.717) is 38.3 Å². The van der Waals surface area contributed by atoms with Crippen LogP contribution in [0.5, 0.6) is 0 Å². The SMILES string of the molecule is CC(C)(C)[Si](C)(C)OCCNc1ccc2c(c1)CN(C1CCC(=O)N(COCC[Si](C)(C)C)C1=O)C2=O. The average molecular weight is 548 g/mol. The van der Waals surface area contributed by atoms with Gasteiger partial charge < -0.3 is 19.4 Å². The number of ether oxygens (including phenoxy) is 1. The highest BCUT2D eigenvalue weighted by atomic mass is 28.4. The smallest absolute Gasteiger partial charge is 0.255 e. The second-order valence-electron chi connectivity index (χ2n) is 12.9. The van der Waals surface area contributed by atoms with E-state index in [4.69, 9.17) is 9.16 Å². The Morgan fingerprint density at radius 2 is 1.76 bits per heavy atom. The molecule has 1 aromatic carbocycles. The maximum Gasteiger partial charge on any atom is 0.255 e. The van der Waals surface area contributed by atoms with Crippen LogP contribution < -0.4 is 5.32 Å². The number of likely N-dealkylation sites (tertiary alicyclic amines) is 1. The number of carbonyl (C=O) groups is 3. The van der Waals surface area contributed by atoms with Gasteiger partial charge in [-0.25, -0.2) is 0 Å². The number of nitrogens with zero attached hydrogens (tertiary/aromatic N) is 2. The van der Waals surface area contributed by atoms with Crippen molar-refractivity contribution in [1.82, 2.24) is 9.80 Å². The Hall–Kier alpha value is -2.02. The fourth-order valence-corrected chi connectivity index (χ4v) is 6.01. The molecule has 2 aliphatic heterocycles. The summed E-state index contributed by atoms with van der Waals surface area (Å²) in [6.07, 6.45) is 0.577. The van der Waals surface area contributed by atoms with Crippen LogP contribution in [0.2, 0.25) is 43.8 Å². The Morgan fingerprint density at radius 1 is 1.05 bits per heavy atom. The summed E-state index contributed by atoms with van der Waals surface area (Å²) in [6, 6.07) is 6.02. The second-order valence-corrected chi connectivity index (χ2v) is 23.3. The Labute approximate surface area is 224 Å². The summed E-state index contributed by atoms with van der Waals surface area (Å²) < 4.78 is 11.9. The molecule has 0 aromatic heterocycles. The van der Waals surface area contributed by atoms with Gasteiger partial charge in [-0.3, -0.25) is 19.3 Å². The molecule has 2 heterocycles.